The standard InChI is InChI=1S/C16H26O2.2Na.H2O4S/c1-2-3-4-5-6-8-13-16(14-17)18-15-11-9-7-10-12-15;;;1-5(2,3)4/h7,9-12,16-17H,2-6,8,13-14H2,1H3;;;(H2,1,2,3,4)/q;2*+1;/p-2. The Kier molecular flexibility index (Phi) is 24.0. The van der Waals surface area contributed by atoms with E-state index in [9.17, 15) is 5.11 Å². The first-order valence-corrected chi connectivity index (χ1v) is 9.19. The van der Waals surface area contributed by atoms with Crippen molar-refractivity contribution >= 4 is 10.4 Å². The van der Waals surface area contributed by atoms with E-state index in [1.807, 2.05) is 30.3 Å². The number of benzene rings is 1. The summed E-state index contributed by atoms with van der Waals surface area (Å²) >= 11 is 0. The van der Waals surface area contributed by atoms with Crippen molar-refractivity contribution in [3.8, 4) is 5.75 Å². The molecule has 0 radical (unpaired) electrons. The van der Waals surface area contributed by atoms with E-state index < -0.39 is 10.4 Å². The Labute approximate surface area is 195 Å². The van der Waals surface area contributed by atoms with E-state index in [1.54, 1.807) is 0 Å². The van der Waals surface area contributed by atoms with E-state index >= 15 is 0 Å². The molecule has 0 bridgehead atoms. The zero-order valence-corrected chi connectivity index (χ0v) is 20.3. The maximum Gasteiger partial charge on any atom is 1.00 e. The Morgan fingerprint density at radius 1 is 1.00 bits per heavy atom. The summed E-state index contributed by atoms with van der Waals surface area (Å²) in [6.45, 7) is 2.33. The third-order valence-corrected chi connectivity index (χ3v) is 3.13. The predicted molar refractivity (Wildman–Crippen MR) is 86.4 cm³/mol. The van der Waals surface area contributed by atoms with Crippen LogP contribution < -0.4 is 63.9 Å². The SMILES string of the molecule is CCCCCCCCC(CO)Oc1ccccc1.O=S(=O)([O-])[O-].[Na+].[Na+]. The molecule has 0 aliphatic carbocycles. The van der Waals surface area contributed by atoms with Gasteiger partial charge in [-0.05, 0) is 25.0 Å². The van der Waals surface area contributed by atoms with Gasteiger partial charge >= 0.3 is 59.1 Å². The van der Waals surface area contributed by atoms with Crippen LogP contribution in [0.15, 0.2) is 30.3 Å². The largest absolute Gasteiger partial charge is 1.00 e. The van der Waals surface area contributed by atoms with Crippen molar-refractivity contribution in [1.82, 2.24) is 0 Å². The Bertz CT molecular complexity index is 477. The quantitative estimate of drug-likeness (QED) is 0.195. The smallest absolute Gasteiger partial charge is 0.759 e. The van der Waals surface area contributed by atoms with Crippen molar-refractivity contribution in [2.24, 2.45) is 0 Å². The van der Waals surface area contributed by atoms with Crippen molar-refractivity contribution in [3.63, 3.8) is 0 Å². The molecule has 1 rings (SSSR count). The number of para-hydroxylation sites is 1. The molecule has 0 aromatic heterocycles. The van der Waals surface area contributed by atoms with Crippen LogP contribution in [0, 0.1) is 0 Å². The first kappa shape index (κ1) is 30.6. The summed E-state index contributed by atoms with van der Waals surface area (Å²) in [6, 6.07) is 9.74. The van der Waals surface area contributed by atoms with Crippen molar-refractivity contribution in [2.45, 2.75) is 58.0 Å². The second-order valence-corrected chi connectivity index (χ2v) is 6.02. The van der Waals surface area contributed by atoms with Crippen LogP contribution in [0.1, 0.15) is 51.9 Å². The van der Waals surface area contributed by atoms with Crippen LogP contribution in [0.2, 0.25) is 0 Å². The van der Waals surface area contributed by atoms with Crippen molar-refractivity contribution < 1.29 is 86.5 Å². The average Bonchev–Trinajstić information content (AvgIpc) is 2.49. The summed E-state index contributed by atoms with van der Waals surface area (Å²) in [6.07, 6.45) is 8.53. The number of aliphatic hydroxyl groups is 1. The number of aliphatic hydroxyl groups excluding tert-OH is 1. The minimum Gasteiger partial charge on any atom is -0.759 e. The van der Waals surface area contributed by atoms with Crippen LogP contribution in [0.4, 0.5) is 0 Å². The molecule has 0 fully saturated rings. The van der Waals surface area contributed by atoms with Crippen LogP contribution in [-0.4, -0.2) is 35.3 Å². The van der Waals surface area contributed by atoms with E-state index in [0.717, 1.165) is 18.6 Å². The molecule has 1 aromatic rings. The first-order chi connectivity index (χ1) is 10.9. The van der Waals surface area contributed by atoms with Gasteiger partial charge in [-0.15, -0.1) is 0 Å². The van der Waals surface area contributed by atoms with Gasteiger partial charge in [-0.25, -0.2) is 0 Å². The maximum atomic E-state index is 9.30. The van der Waals surface area contributed by atoms with Gasteiger partial charge in [0.25, 0.3) is 0 Å². The fourth-order valence-corrected chi connectivity index (χ4v) is 2.03. The average molecular weight is 392 g/mol. The number of hydrogen-bond donors (Lipinski definition) is 1. The summed E-state index contributed by atoms with van der Waals surface area (Å²) in [5.41, 5.74) is 0. The van der Waals surface area contributed by atoms with Crippen LogP contribution in [0.3, 0.4) is 0 Å². The van der Waals surface area contributed by atoms with Gasteiger partial charge in [0.1, 0.15) is 11.9 Å². The van der Waals surface area contributed by atoms with Gasteiger partial charge in [0.05, 0.1) is 6.61 Å². The fraction of sp³-hybridized carbons (Fsp3) is 0.625. The van der Waals surface area contributed by atoms with Gasteiger partial charge in [0.15, 0.2) is 0 Å². The van der Waals surface area contributed by atoms with Crippen molar-refractivity contribution in [3.05, 3.63) is 30.3 Å². The van der Waals surface area contributed by atoms with Crippen LogP contribution in [0.5, 0.6) is 5.75 Å². The summed E-state index contributed by atoms with van der Waals surface area (Å²) < 4.78 is 39.8. The third kappa shape index (κ3) is 24.9. The molecule has 134 valence electrons. The number of hydrogen-bond acceptors (Lipinski definition) is 6. The third-order valence-electron chi connectivity index (χ3n) is 3.13. The van der Waals surface area contributed by atoms with Crippen LogP contribution in [0.25, 0.3) is 0 Å². The molecule has 6 nitrogen and oxygen atoms in total. The first-order valence-electron chi connectivity index (χ1n) is 7.86. The fourth-order valence-electron chi connectivity index (χ4n) is 2.03. The number of ether oxygens (including phenoxy) is 1. The summed E-state index contributed by atoms with van der Waals surface area (Å²) in [4.78, 5) is 0. The molecule has 0 saturated carbocycles. The van der Waals surface area contributed by atoms with Gasteiger partial charge in [-0.2, -0.15) is 0 Å². The predicted octanol–water partition coefficient (Wildman–Crippen LogP) is -3.15. The van der Waals surface area contributed by atoms with Gasteiger partial charge in [-0.3, -0.25) is 8.42 Å². The van der Waals surface area contributed by atoms with Crippen LogP contribution >= 0.6 is 0 Å². The Balaban J connectivity index is -0.000000610. The maximum absolute atomic E-state index is 9.30. The molecule has 0 saturated heterocycles. The normalized spacial score (nSPS) is 11.2. The summed E-state index contributed by atoms with van der Waals surface area (Å²) in [7, 11) is -5.17. The molecule has 1 unspecified atom stereocenters. The van der Waals surface area contributed by atoms with Gasteiger partial charge in [-0.1, -0.05) is 57.2 Å². The van der Waals surface area contributed by atoms with Gasteiger partial charge in [0, 0.05) is 10.4 Å². The number of unbranched alkanes of at least 4 members (excludes halogenated alkanes) is 5. The molecule has 1 aromatic carbocycles. The molecule has 0 heterocycles. The van der Waals surface area contributed by atoms with Gasteiger partial charge in [0.2, 0.25) is 0 Å². The second-order valence-electron chi connectivity index (χ2n) is 5.20. The Hall–Kier alpha value is 0.850. The Morgan fingerprint density at radius 2 is 1.48 bits per heavy atom. The van der Waals surface area contributed by atoms with Crippen molar-refractivity contribution in [1.29, 1.82) is 0 Å². The van der Waals surface area contributed by atoms with E-state index in [0.29, 0.717) is 0 Å². The molecule has 9 heteroatoms. The molecule has 0 aliphatic heterocycles. The summed E-state index contributed by atoms with van der Waals surface area (Å²) in [5, 5.41) is 9.30. The minimum absolute atomic E-state index is 0. The minimum atomic E-state index is -5.17. The Morgan fingerprint density at radius 3 is 1.96 bits per heavy atom. The van der Waals surface area contributed by atoms with E-state index in [1.165, 1.54) is 32.1 Å². The van der Waals surface area contributed by atoms with E-state index in [4.69, 9.17) is 22.3 Å². The molecule has 0 amide bonds. The molecule has 1 atom stereocenters. The van der Waals surface area contributed by atoms with Gasteiger partial charge < -0.3 is 18.9 Å². The zero-order valence-electron chi connectivity index (χ0n) is 15.5. The topological polar surface area (TPSA) is 110 Å². The molecule has 25 heavy (non-hydrogen) atoms. The monoisotopic (exact) mass is 392 g/mol. The number of rotatable bonds is 10. The second kappa shape index (κ2) is 19.6. The van der Waals surface area contributed by atoms with E-state index in [2.05, 4.69) is 6.92 Å². The molecular formula is C16H26Na2O6S. The summed E-state index contributed by atoms with van der Waals surface area (Å²) in [5.74, 6) is 0.850. The van der Waals surface area contributed by atoms with Crippen LogP contribution in [-0.2, 0) is 10.4 Å². The molecule has 0 spiro atoms. The zero-order chi connectivity index (χ0) is 17.6. The van der Waals surface area contributed by atoms with Crippen molar-refractivity contribution in [2.75, 3.05) is 6.61 Å². The molecular weight excluding hydrogens is 366 g/mol. The molecule has 0 aliphatic rings. The molecule has 1 N–H and O–H groups in total. The van der Waals surface area contributed by atoms with E-state index in [-0.39, 0.29) is 71.8 Å².